The van der Waals surface area contributed by atoms with E-state index in [4.69, 9.17) is 16.3 Å². The SMILES string of the molecule is Cc1nnsc1C(=O)N1CCC(CNC(=O)C(C)(C)Oc2ccc(Cl)cc2)CC1. The number of carbonyl (C=O) groups excluding carboxylic acids is 2. The first-order valence-corrected chi connectivity index (χ1v) is 10.7. The fourth-order valence-corrected chi connectivity index (χ4v) is 3.96. The molecule has 0 atom stereocenters. The van der Waals surface area contributed by atoms with Crippen LogP contribution in [0.4, 0.5) is 0 Å². The number of hydrogen-bond donors (Lipinski definition) is 1. The number of nitrogens with one attached hydrogen (secondary N) is 1. The number of piperidine rings is 1. The lowest BCUT2D eigenvalue weighted by molar-refractivity contribution is -0.134. The summed E-state index contributed by atoms with van der Waals surface area (Å²) in [5, 5.41) is 7.52. The van der Waals surface area contributed by atoms with Crippen LogP contribution in [0.15, 0.2) is 24.3 Å². The van der Waals surface area contributed by atoms with Crippen LogP contribution >= 0.6 is 23.1 Å². The Balaban J connectivity index is 1.45. The second-order valence-corrected chi connectivity index (χ2v) is 8.89. The Morgan fingerprint density at radius 3 is 2.52 bits per heavy atom. The van der Waals surface area contributed by atoms with Crippen LogP contribution in [0.1, 0.15) is 42.1 Å². The lowest BCUT2D eigenvalue weighted by atomic mass is 9.96. The molecule has 2 amide bonds. The number of nitrogens with zero attached hydrogens (tertiary/aromatic N) is 3. The van der Waals surface area contributed by atoms with E-state index in [0.717, 1.165) is 24.4 Å². The molecule has 0 saturated carbocycles. The van der Waals surface area contributed by atoms with Crippen molar-refractivity contribution >= 4 is 34.9 Å². The highest BCUT2D eigenvalue weighted by atomic mass is 35.5. The Morgan fingerprint density at radius 2 is 1.93 bits per heavy atom. The summed E-state index contributed by atoms with van der Waals surface area (Å²) in [6.07, 6.45) is 1.69. The van der Waals surface area contributed by atoms with Gasteiger partial charge in [0.2, 0.25) is 0 Å². The fourth-order valence-electron chi connectivity index (χ4n) is 3.21. The van der Waals surface area contributed by atoms with Gasteiger partial charge in [0.1, 0.15) is 10.6 Å². The first-order valence-electron chi connectivity index (χ1n) is 9.57. The van der Waals surface area contributed by atoms with Crippen molar-refractivity contribution in [2.24, 2.45) is 5.92 Å². The van der Waals surface area contributed by atoms with Crippen molar-refractivity contribution in [3.05, 3.63) is 39.9 Å². The summed E-state index contributed by atoms with van der Waals surface area (Å²) in [7, 11) is 0. The van der Waals surface area contributed by atoms with Crippen LogP contribution in [0, 0.1) is 12.8 Å². The molecule has 1 aromatic carbocycles. The van der Waals surface area contributed by atoms with Crippen LogP contribution in [0.25, 0.3) is 0 Å². The minimum absolute atomic E-state index is 0.00233. The zero-order chi connectivity index (χ0) is 21.0. The molecule has 7 nitrogen and oxygen atoms in total. The van der Waals surface area contributed by atoms with Gasteiger partial charge >= 0.3 is 0 Å². The van der Waals surface area contributed by atoms with Gasteiger partial charge in [0, 0.05) is 24.7 Å². The van der Waals surface area contributed by atoms with Crippen molar-refractivity contribution in [2.45, 2.75) is 39.2 Å². The molecule has 3 rings (SSSR count). The molecule has 0 radical (unpaired) electrons. The van der Waals surface area contributed by atoms with Crippen LogP contribution in [-0.2, 0) is 4.79 Å². The van der Waals surface area contributed by atoms with Crippen molar-refractivity contribution in [2.75, 3.05) is 19.6 Å². The summed E-state index contributed by atoms with van der Waals surface area (Å²) >= 11 is 7.02. The predicted octanol–water partition coefficient (Wildman–Crippen LogP) is 3.33. The molecular formula is C20H25ClN4O3S. The molecular weight excluding hydrogens is 412 g/mol. The topological polar surface area (TPSA) is 84.4 Å². The van der Waals surface area contributed by atoms with Gasteiger partial charge in [-0.3, -0.25) is 9.59 Å². The van der Waals surface area contributed by atoms with Crippen molar-refractivity contribution in [3.8, 4) is 5.75 Å². The number of ether oxygens (including phenoxy) is 1. The molecule has 1 aliphatic rings. The number of amides is 2. The summed E-state index contributed by atoms with van der Waals surface area (Å²) in [5.74, 6) is 0.749. The largest absolute Gasteiger partial charge is 0.478 e. The molecule has 1 saturated heterocycles. The molecule has 1 N–H and O–H groups in total. The van der Waals surface area contributed by atoms with E-state index in [9.17, 15) is 9.59 Å². The van der Waals surface area contributed by atoms with Gasteiger partial charge in [-0.05, 0) is 75.3 Å². The van der Waals surface area contributed by atoms with Crippen LogP contribution in [0.3, 0.4) is 0 Å². The lowest BCUT2D eigenvalue weighted by Crippen LogP contribution is -2.49. The van der Waals surface area contributed by atoms with Crippen molar-refractivity contribution < 1.29 is 14.3 Å². The highest BCUT2D eigenvalue weighted by Gasteiger charge is 2.31. The molecule has 1 aromatic heterocycles. The standard InChI is InChI=1S/C20H25ClN4O3S/c1-13-17(29-24-23-13)18(26)25-10-8-14(9-11-25)12-22-19(27)20(2,3)28-16-6-4-15(21)5-7-16/h4-7,14H,8-12H2,1-3H3,(H,22,27). The number of halogens is 1. The third-order valence-electron chi connectivity index (χ3n) is 5.03. The Kier molecular flexibility index (Phi) is 6.74. The minimum Gasteiger partial charge on any atom is -0.478 e. The number of benzene rings is 1. The first kappa shape index (κ1) is 21.5. The molecule has 9 heteroatoms. The summed E-state index contributed by atoms with van der Waals surface area (Å²) in [6, 6.07) is 6.93. The van der Waals surface area contributed by atoms with E-state index in [1.165, 1.54) is 0 Å². The van der Waals surface area contributed by atoms with Crippen molar-refractivity contribution in [1.29, 1.82) is 0 Å². The molecule has 156 valence electrons. The molecule has 0 bridgehead atoms. The number of likely N-dealkylation sites (tertiary alicyclic amines) is 1. The summed E-state index contributed by atoms with van der Waals surface area (Å²) in [4.78, 5) is 27.6. The second kappa shape index (κ2) is 9.09. The quantitative estimate of drug-likeness (QED) is 0.750. The van der Waals surface area contributed by atoms with E-state index in [1.807, 2.05) is 4.90 Å². The Hall–Kier alpha value is -2.19. The Morgan fingerprint density at radius 1 is 1.28 bits per heavy atom. The zero-order valence-electron chi connectivity index (χ0n) is 16.8. The summed E-state index contributed by atoms with van der Waals surface area (Å²) < 4.78 is 9.66. The maximum atomic E-state index is 12.6. The van der Waals surface area contributed by atoms with Gasteiger partial charge in [-0.15, -0.1) is 5.10 Å². The van der Waals surface area contributed by atoms with E-state index >= 15 is 0 Å². The zero-order valence-corrected chi connectivity index (χ0v) is 18.3. The molecule has 1 aliphatic heterocycles. The lowest BCUT2D eigenvalue weighted by Gasteiger charge is -2.32. The number of aromatic nitrogens is 2. The van der Waals surface area contributed by atoms with E-state index < -0.39 is 5.60 Å². The van der Waals surface area contributed by atoms with E-state index in [0.29, 0.717) is 46.9 Å². The van der Waals surface area contributed by atoms with E-state index in [-0.39, 0.29) is 11.8 Å². The Labute approximate surface area is 179 Å². The third kappa shape index (κ3) is 5.45. The minimum atomic E-state index is -0.999. The number of hydrogen-bond acceptors (Lipinski definition) is 6. The Bertz CT molecular complexity index is 861. The molecule has 0 unspecified atom stereocenters. The molecule has 0 spiro atoms. The van der Waals surface area contributed by atoms with Gasteiger partial charge in [-0.2, -0.15) is 0 Å². The van der Waals surface area contributed by atoms with Gasteiger partial charge in [0.05, 0.1) is 5.69 Å². The maximum Gasteiger partial charge on any atom is 0.267 e. The smallest absolute Gasteiger partial charge is 0.267 e. The van der Waals surface area contributed by atoms with Gasteiger partial charge in [0.25, 0.3) is 11.8 Å². The van der Waals surface area contributed by atoms with Crippen LogP contribution in [0.5, 0.6) is 5.75 Å². The highest BCUT2D eigenvalue weighted by Crippen LogP contribution is 2.23. The van der Waals surface area contributed by atoms with Crippen molar-refractivity contribution in [3.63, 3.8) is 0 Å². The van der Waals surface area contributed by atoms with Gasteiger partial charge in [-0.1, -0.05) is 16.1 Å². The molecule has 29 heavy (non-hydrogen) atoms. The van der Waals surface area contributed by atoms with Gasteiger partial charge in [-0.25, -0.2) is 0 Å². The molecule has 0 aliphatic carbocycles. The van der Waals surface area contributed by atoms with Crippen molar-refractivity contribution in [1.82, 2.24) is 19.8 Å². The normalized spacial score (nSPS) is 15.2. The van der Waals surface area contributed by atoms with Gasteiger partial charge in [0.15, 0.2) is 5.60 Å². The van der Waals surface area contributed by atoms with E-state index in [1.54, 1.807) is 45.0 Å². The average Bonchev–Trinajstić information content (AvgIpc) is 3.13. The van der Waals surface area contributed by atoms with Crippen LogP contribution in [-0.4, -0.2) is 51.5 Å². The molecule has 2 aromatic rings. The third-order valence-corrected chi connectivity index (χ3v) is 6.10. The first-order chi connectivity index (χ1) is 13.8. The highest BCUT2D eigenvalue weighted by molar-refractivity contribution is 7.07. The second-order valence-electron chi connectivity index (χ2n) is 7.70. The summed E-state index contributed by atoms with van der Waals surface area (Å²) in [6.45, 7) is 7.18. The van der Waals surface area contributed by atoms with E-state index in [2.05, 4.69) is 14.9 Å². The van der Waals surface area contributed by atoms with Crippen LogP contribution in [0.2, 0.25) is 5.02 Å². The number of carbonyl (C=O) groups is 2. The summed E-state index contributed by atoms with van der Waals surface area (Å²) in [5.41, 5.74) is -0.321. The number of aryl methyl sites for hydroxylation is 1. The van der Waals surface area contributed by atoms with Crippen LogP contribution < -0.4 is 10.1 Å². The van der Waals surface area contributed by atoms with Gasteiger partial charge < -0.3 is 15.0 Å². The monoisotopic (exact) mass is 436 g/mol. The molecule has 2 heterocycles. The fraction of sp³-hybridized carbons (Fsp3) is 0.500. The average molecular weight is 437 g/mol. The molecule has 1 fully saturated rings. The maximum absolute atomic E-state index is 12.6. The predicted molar refractivity (Wildman–Crippen MR) is 112 cm³/mol. The number of rotatable bonds is 6.